The number of rotatable bonds is 3. The first kappa shape index (κ1) is 14.8. The van der Waals surface area contributed by atoms with Gasteiger partial charge in [-0.25, -0.2) is 4.98 Å². The average Bonchev–Trinajstić information content (AvgIpc) is 2.92. The first-order valence-electron chi connectivity index (χ1n) is 6.53. The molecule has 0 saturated heterocycles. The van der Waals surface area contributed by atoms with Gasteiger partial charge in [0, 0.05) is 17.7 Å². The number of halogens is 2. The van der Waals surface area contributed by atoms with E-state index in [2.05, 4.69) is 4.98 Å². The Balaban J connectivity index is 2.25. The number of benzene rings is 2. The first-order chi connectivity index (χ1) is 10.5. The molecular formula is C15H10Cl2N2O3. The molecule has 0 spiro atoms. The molecule has 5 nitrogen and oxygen atoms in total. The maximum Gasteiger partial charge on any atom is 0.272 e. The molecule has 3 aromatic rings. The molecule has 0 amide bonds. The minimum Gasteiger partial charge on any atom is -0.436 e. The zero-order chi connectivity index (χ0) is 15.9. The standard InChI is InChI=1S/C15H10Cl2N2O3/c1-2-8-6-9(19(20)21)7-12-14(8)22-15(18-12)10-4-3-5-11(16)13(10)17/h3-7H,2H2,1H3. The number of nitrogens with zero attached hydrogens (tertiary/aromatic N) is 2. The Bertz CT molecular complexity index is 890. The number of fused-ring (bicyclic) bond motifs is 1. The van der Waals surface area contributed by atoms with Crippen LogP contribution in [0.25, 0.3) is 22.6 Å². The highest BCUT2D eigenvalue weighted by molar-refractivity contribution is 6.43. The number of nitro benzene ring substituents is 1. The number of hydrogen-bond donors (Lipinski definition) is 0. The van der Waals surface area contributed by atoms with Gasteiger partial charge in [0.25, 0.3) is 5.69 Å². The van der Waals surface area contributed by atoms with Crippen LogP contribution in [0.5, 0.6) is 0 Å². The molecule has 3 rings (SSSR count). The Morgan fingerprint density at radius 2 is 2.09 bits per heavy atom. The van der Waals surface area contributed by atoms with Crippen LogP contribution in [0.1, 0.15) is 12.5 Å². The average molecular weight is 337 g/mol. The predicted molar refractivity (Wildman–Crippen MR) is 85.5 cm³/mol. The van der Waals surface area contributed by atoms with Crippen LogP contribution >= 0.6 is 23.2 Å². The van der Waals surface area contributed by atoms with Crippen LogP contribution in [-0.2, 0) is 6.42 Å². The maximum atomic E-state index is 11.0. The largest absolute Gasteiger partial charge is 0.436 e. The molecule has 1 heterocycles. The molecule has 0 atom stereocenters. The van der Waals surface area contributed by atoms with Crippen molar-refractivity contribution < 1.29 is 9.34 Å². The summed E-state index contributed by atoms with van der Waals surface area (Å²) in [4.78, 5) is 14.9. The quantitative estimate of drug-likeness (QED) is 0.482. The summed E-state index contributed by atoms with van der Waals surface area (Å²) in [7, 11) is 0. The molecule has 0 unspecified atom stereocenters. The van der Waals surface area contributed by atoms with E-state index in [9.17, 15) is 10.1 Å². The second-order valence-electron chi connectivity index (χ2n) is 4.68. The normalized spacial score (nSPS) is 11.0. The van der Waals surface area contributed by atoms with Gasteiger partial charge in [0.1, 0.15) is 5.52 Å². The molecule has 0 aliphatic heterocycles. The van der Waals surface area contributed by atoms with Gasteiger partial charge in [-0.1, -0.05) is 36.2 Å². The monoisotopic (exact) mass is 336 g/mol. The van der Waals surface area contributed by atoms with Gasteiger partial charge in [-0.15, -0.1) is 0 Å². The van der Waals surface area contributed by atoms with Crippen LogP contribution in [-0.4, -0.2) is 9.91 Å². The Morgan fingerprint density at radius 3 is 2.77 bits per heavy atom. The van der Waals surface area contributed by atoms with Crippen molar-refractivity contribution in [2.75, 3.05) is 0 Å². The van der Waals surface area contributed by atoms with E-state index in [0.717, 1.165) is 5.56 Å². The molecule has 0 radical (unpaired) electrons. The summed E-state index contributed by atoms with van der Waals surface area (Å²) in [6, 6.07) is 8.02. The molecule has 0 bridgehead atoms. The number of hydrogen-bond acceptors (Lipinski definition) is 4. The second kappa shape index (κ2) is 5.59. The lowest BCUT2D eigenvalue weighted by Crippen LogP contribution is -1.90. The zero-order valence-corrected chi connectivity index (χ0v) is 13.0. The number of aromatic nitrogens is 1. The Hall–Kier alpha value is -2.11. The van der Waals surface area contributed by atoms with Crippen LogP contribution in [0.15, 0.2) is 34.7 Å². The third kappa shape index (κ3) is 2.42. The van der Waals surface area contributed by atoms with Crippen LogP contribution in [0.3, 0.4) is 0 Å². The third-order valence-corrected chi connectivity index (χ3v) is 4.14. The summed E-state index contributed by atoms with van der Waals surface area (Å²) < 4.78 is 5.77. The molecule has 22 heavy (non-hydrogen) atoms. The van der Waals surface area contributed by atoms with E-state index >= 15 is 0 Å². The molecule has 0 saturated carbocycles. The van der Waals surface area contributed by atoms with E-state index in [4.69, 9.17) is 27.6 Å². The smallest absolute Gasteiger partial charge is 0.272 e. The Kier molecular flexibility index (Phi) is 3.76. The Labute approximate surface area is 135 Å². The minimum absolute atomic E-state index is 0.0126. The first-order valence-corrected chi connectivity index (χ1v) is 7.29. The van der Waals surface area contributed by atoms with E-state index in [1.54, 1.807) is 18.2 Å². The Morgan fingerprint density at radius 1 is 1.32 bits per heavy atom. The summed E-state index contributed by atoms with van der Waals surface area (Å²) >= 11 is 12.2. The van der Waals surface area contributed by atoms with Crippen molar-refractivity contribution in [1.29, 1.82) is 0 Å². The lowest BCUT2D eigenvalue weighted by molar-refractivity contribution is -0.384. The summed E-state index contributed by atoms with van der Waals surface area (Å²) in [5.41, 5.74) is 2.22. The number of oxazole rings is 1. The highest BCUT2D eigenvalue weighted by Crippen LogP contribution is 2.36. The highest BCUT2D eigenvalue weighted by atomic mass is 35.5. The molecular weight excluding hydrogens is 327 g/mol. The van der Waals surface area contributed by atoms with E-state index in [0.29, 0.717) is 33.1 Å². The summed E-state index contributed by atoms with van der Waals surface area (Å²) in [5.74, 6) is 0.290. The van der Waals surface area contributed by atoms with Gasteiger partial charge in [-0.2, -0.15) is 0 Å². The fourth-order valence-corrected chi connectivity index (χ4v) is 2.62. The van der Waals surface area contributed by atoms with Crippen LogP contribution in [0, 0.1) is 10.1 Å². The van der Waals surface area contributed by atoms with E-state index < -0.39 is 4.92 Å². The molecule has 1 aromatic heterocycles. The van der Waals surface area contributed by atoms with Crippen molar-refractivity contribution >= 4 is 40.0 Å². The minimum atomic E-state index is -0.445. The van der Waals surface area contributed by atoms with Crippen LogP contribution in [0.2, 0.25) is 10.0 Å². The fraction of sp³-hybridized carbons (Fsp3) is 0.133. The lowest BCUT2D eigenvalue weighted by Gasteiger charge is -2.00. The maximum absolute atomic E-state index is 11.0. The van der Waals surface area contributed by atoms with Crippen LogP contribution < -0.4 is 0 Å². The zero-order valence-electron chi connectivity index (χ0n) is 11.5. The van der Waals surface area contributed by atoms with Gasteiger partial charge in [-0.05, 0) is 18.6 Å². The molecule has 0 fully saturated rings. The summed E-state index contributed by atoms with van der Waals surface area (Å²) in [6.45, 7) is 1.90. The highest BCUT2D eigenvalue weighted by Gasteiger charge is 2.18. The van der Waals surface area contributed by atoms with Gasteiger partial charge in [0.15, 0.2) is 5.58 Å². The lowest BCUT2D eigenvalue weighted by atomic mass is 10.1. The molecule has 0 aliphatic carbocycles. The van der Waals surface area contributed by atoms with E-state index in [-0.39, 0.29) is 11.6 Å². The molecule has 0 N–H and O–H groups in total. The summed E-state index contributed by atoms with van der Waals surface area (Å²) in [5, 5.41) is 11.7. The number of non-ortho nitro benzene ring substituents is 1. The third-order valence-electron chi connectivity index (χ3n) is 3.33. The SMILES string of the molecule is CCc1cc([N+](=O)[O-])cc2nc(-c3cccc(Cl)c3Cl)oc12. The number of nitro groups is 1. The second-order valence-corrected chi connectivity index (χ2v) is 5.47. The molecule has 112 valence electrons. The molecule has 0 aliphatic rings. The topological polar surface area (TPSA) is 69.2 Å². The molecule has 7 heteroatoms. The van der Waals surface area contributed by atoms with Crippen molar-refractivity contribution in [1.82, 2.24) is 4.98 Å². The van der Waals surface area contributed by atoms with Gasteiger partial charge in [0.05, 0.1) is 20.5 Å². The van der Waals surface area contributed by atoms with Crippen molar-refractivity contribution in [2.24, 2.45) is 0 Å². The fourth-order valence-electron chi connectivity index (χ4n) is 2.24. The van der Waals surface area contributed by atoms with Gasteiger partial charge < -0.3 is 4.42 Å². The summed E-state index contributed by atoms with van der Waals surface area (Å²) in [6.07, 6.45) is 0.593. The number of aryl methyl sites for hydroxylation is 1. The van der Waals surface area contributed by atoms with Gasteiger partial charge in [0.2, 0.25) is 5.89 Å². The van der Waals surface area contributed by atoms with Crippen molar-refractivity contribution in [3.05, 3.63) is 56.1 Å². The van der Waals surface area contributed by atoms with E-state index in [1.165, 1.54) is 12.1 Å². The van der Waals surface area contributed by atoms with Crippen LogP contribution in [0.4, 0.5) is 5.69 Å². The van der Waals surface area contributed by atoms with Crippen molar-refractivity contribution in [3.63, 3.8) is 0 Å². The predicted octanol–water partition coefficient (Wildman–Crippen LogP) is 5.27. The van der Waals surface area contributed by atoms with Gasteiger partial charge in [-0.3, -0.25) is 10.1 Å². The van der Waals surface area contributed by atoms with E-state index in [1.807, 2.05) is 6.92 Å². The van der Waals surface area contributed by atoms with Crippen molar-refractivity contribution in [2.45, 2.75) is 13.3 Å². The molecule has 2 aromatic carbocycles. The van der Waals surface area contributed by atoms with Crippen molar-refractivity contribution in [3.8, 4) is 11.5 Å². The van der Waals surface area contributed by atoms with Gasteiger partial charge >= 0.3 is 0 Å².